The number of fused-ring (bicyclic) bond motifs is 2. The number of ether oxygens (including phenoxy) is 1. The Balaban J connectivity index is 1.36. The van der Waals surface area contributed by atoms with E-state index in [0.29, 0.717) is 19.7 Å². The molecule has 1 aliphatic heterocycles. The summed E-state index contributed by atoms with van der Waals surface area (Å²) in [5, 5.41) is 21.3. The van der Waals surface area contributed by atoms with Gasteiger partial charge in [0.25, 0.3) is 0 Å². The van der Waals surface area contributed by atoms with Gasteiger partial charge in [-0.1, -0.05) is 36.4 Å². The average molecular weight is 387 g/mol. The minimum atomic E-state index is 0.0641. The van der Waals surface area contributed by atoms with Gasteiger partial charge in [0.2, 0.25) is 0 Å². The molecule has 0 aliphatic carbocycles. The highest BCUT2D eigenvalue weighted by atomic mass is 16.5. The van der Waals surface area contributed by atoms with Crippen molar-refractivity contribution in [3.63, 3.8) is 0 Å². The second-order valence-electron chi connectivity index (χ2n) is 7.00. The third kappa shape index (κ3) is 3.60. The van der Waals surface area contributed by atoms with E-state index in [0.717, 1.165) is 39.6 Å². The minimum Gasteiger partial charge on any atom is -0.487 e. The van der Waals surface area contributed by atoms with Crippen molar-refractivity contribution in [2.24, 2.45) is 0 Å². The highest BCUT2D eigenvalue weighted by Gasteiger charge is 2.17. The molecule has 5 rings (SSSR count). The van der Waals surface area contributed by atoms with Crippen molar-refractivity contribution in [1.29, 1.82) is 0 Å². The maximum atomic E-state index is 9.01. The molecule has 0 radical (unpaired) electrons. The van der Waals surface area contributed by atoms with E-state index in [4.69, 9.17) is 14.9 Å². The first-order valence-electron chi connectivity index (χ1n) is 9.57. The molecule has 0 saturated carbocycles. The van der Waals surface area contributed by atoms with Crippen molar-refractivity contribution in [3.05, 3.63) is 78.2 Å². The maximum Gasteiger partial charge on any atom is 0.130 e. The molecule has 3 heterocycles. The van der Waals surface area contributed by atoms with Gasteiger partial charge in [0.1, 0.15) is 12.4 Å². The molecule has 0 amide bonds. The Labute approximate surface area is 168 Å². The van der Waals surface area contributed by atoms with Gasteiger partial charge in [0.05, 0.1) is 43.0 Å². The van der Waals surface area contributed by atoms with Crippen LogP contribution in [0.25, 0.3) is 11.3 Å². The van der Waals surface area contributed by atoms with Crippen LogP contribution in [-0.4, -0.2) is 31.3 Å². The number of aliphatic hydroxyl groups is 1. The van der Waals surface area contributed by atoms with Gasteiger partial charge in [-0.15, -0.1) is 0 Å². The summed E-state index contributed by atoms with van der Waals surface area (Å²) in [4.78, 5) is 0. The van der Waals surface area contributed by atoms with E-state index in [-0.39, 0.29) is 6.61 Å². The van der Waals surface area contributed by atoms with Gasteiger partial charge in [-0.05, 0) is 12.1 Å². The molecule has 2 aromatic heterocycles. The Morgan fingerprint density at radius 2 is 1.97 bits per heavy atom. The van der Waals surface area contributed by atoms with Gasteiger partial charge >= 0.3 is 0 Å². The number of benzene rings is 2. The zero-order valence-electron chi connectivity index (χ0n) is 15.8. The van der Waals surface area contributed by atoms with Gasteiger partial charge in [0.15, 0.2) is 0 Å². The quantitative estimate of drug-likeness (QED) is 0.549. The Hall–Kier alpha value is -3.58. The fourth-order valence-corrected chi connectivity index (χ4v) is 3.49. The lowest BCUT2D eigenvalue weighted by Crippen LogP contribution is -2.04. The molecule has 2 N–H and O–H groups in total. The Bertz CT molecular complexity index is 1130. The van der Waals surface area contributed by atoms with E-state index in [2.05, 4.69) is 34.7 Å². The van der Waals surface area contributed by atoms with Crippen molar-refractivity contribution in [2.75, 3.05) is 11.9 Å². The first-order chi connectivity index (χ1) is 14.3. The van der Waals surface area contributed by atoms with Gasteiger partial charge in [-0.2, -0.15) is 10.2 Å². The molecule has 7 nitrogen and oxygen atoms in total. The van der Waals surface area contributed by atoms with Crippen LogP contribution < -0.4 is 10.1 Å². The van der Waals surface area contributed by atoms with Gasteiger partial charge < -0.3 is 15.2 Å². The number of hydrogen-bond donors (Lipinski definition) is 2. The third-order valence-electron chi connectivity index (χ3n) is 4.95. The van der Waals surface area contributed by atoms with Crippen LogP contribution in [0.1, 0.15) is 11.3 Å². The van der Waals surface area contributed by atoms with Gasteiger partial charge in [-0.25, -0.2) is 0 Å². The van der Waals surface area contributed by atoms with Crippen molar-refractivity contribution >= 4 is 11.4 Å². The number of rotatable bonds is 5. The lowest BCUT2D eigenvalue weighted by atomic mass is 10.1. The van der Waals surface area contributed by atoms with E-state index in [9.17, 15) is 0 Å². The molecule has 4 aromatic rings. The molecule has 0 bridgehead atoms. The lowest BCUT2D eigenvalue weighted by molar-refractivity contribution is 0.269. The van der Waals surface area contributed by atoms with E-state index < -0.39 is 0 Å². The van der Waals surface area contributed by atoms with E-state index in [1.807, 2.05) is 41.2 Å². The maximum absolute atomic E-state index is 9.01. The monoisotopic (exact) mass is 387 g/mol. The summed E-state index contributed by atoms with van der Waals surface area (Å²) in [7, 11) is 0. The van der Waals surface area contributed by atoms with Crippen LogP contribution >= 0.6 is 0 Å². The summed E-state index contributed by atoms with van der Waals surface area (Å²) < 4.78 is 9.81. The molecule has 0 saturated heterocycles. The molecular weight excluding hydrogens is 366 g/mol. The number of anilines is 2. The van der Waals surface area contributed by atoms with Crippen LogP contribution in [0.3, 0.4) is 0 Å². The summed E-state index contributed by atoms with van der Waals surface area (Å²) in [6.07, 6.45) is 3.60. The SMILES string of the molecule is OCCn1cc(Nc2ccc3c(c2)OCc2cc(-c4ccccc4)nn2C3)cn1. The first kappa shape index (κ1) is 17.5. The second kappa shape index (κ2) is 7.44. The highest BCUT2D eigenvalue weighted by molar-refractivity contribution is 5.62. The Morgan fingerprint density at radius 1 is 1.07 bits per heavy atom. The predicted octanol–water partition coefficient (Wildman–Crippen LogP) is 3.42. The summed E-state index contributed by atoms with van der Waals surface area (Å²) >= 11 is 0. The van der Waals surface area contributed by atoms with Crippen molar-refractivity contribution in [1.82, 2.24) is 19.6 Å². The summed E-state index contributed by atoms with van der Waals surface area (Å²) in [5.41, 5.74) is 6.01. The number of hydrogen-bond acceptors (Lipinski definition) is 5. The Kier molecular flexibility index (Phi) is 4.50. The second-order valence-corrected chi connectivity index (χ2v) is 7.00. The molecule has 2 aromatic carbocycles. The van der Waals surface area contributed by atoms with Gasteiger partial charge in [0, 0.05) is 29.1 Å². The van der Waals surface area contributed by atoms with Crippen LogP contribution in [0.15, 0.2) is 67.0 Å². The number of aromatic nitrogens is 4. The largest absolute Gasteiger partial charge is 0.487 e. The summed E-state index contributed by atoms with van der Waals surface area (Å²) in [6.45, 7) is 1.69. The molecule has 0 spiro atoms. The van der Waals surface area contributed by atoms with Crippen molar-refractivity contribution < 1.29 is 9.84 Å². The topological polar surface area (TPSA) is 77.1 Å². The van der Waals surface area contributed by atoms with E-state index >= 15 is 0 Å². The molecule has 1 aliphatic rings. The normalized spacial score (nSPS) is 12.6. The standard InChI is InChI=1S/C22H21N5O2/c28-9-8-26-14-19(12-23-26)24-18-7-6-17-13-27-20(15-29-22(17)10-18)11-21(25-27)16-4-2-1-3-5-16/h1-7,10-12,14,24,28H,8-9,13,15H2. The summed E-state index contributed by atoms with van der Waals surface area (Å²) in [6, 6.07) is 18.4. The van der Waals surface area contributed by atoms with Crippen LogP contribution in [-0.2, 0) is 19.7 Å². The number of nitrogens with one attached hydrogen (secondary N) is 1. The lowest BCUT2D eigenvalue weighted by Gasteiger charge is -2.10. The zero-order chi connectivity index (χ0) is 19.6. The molecule has 29 heavy (non-hydrogen) atoms. The minimum absolute atomic E-state index is 0.0641. The van der Waals surface area contributed by atoms with Crippen molar-refractivity contribution in [3.8, 4) is 17.0 Å². The fraction of sp³-hybridized carbons (Fsp3) is 0.182. The number of aliphatic hydroxyl groups excluding tert-OH is 1. The molecule has 0 unspecified atom stereocenters. The molecule has 0 fully saturated rings. The average Bonchev–Trinajstić information content (AvgIpc) is 3.32. The van der Waals surface area contributed by atoms with Crippen LogP contribution in [0.2, 0.25) is 0 Å². The first-order valence-corrected chi connectivity index (χ1v) is 9.57. The van der Waals surface area contributed by atoms with Crippen LogP contribution in [0.5, 0.6) is 5.75 Å². The zero-order valence-corrected chi connectivity index (χ0v) is 15.8. The third-order valence-corrected chi connectivity index (χ3v) is 4.95. The van der Waals surface area contributed by atoms with Gasteiger partial charge in [-0.3, -0.25) is 9.36 Å². The van der Waals surface area contributed by atoms with Crippen LogP contribution in [0.4, 0.5) is 11.4 Å². The smallest absolute Gasteiger partial charge is 0.130 e. The highest BCUT2D eigenvalue weighted by Crippen LogP contribution is 2.30. The van der Waals surface area contributed by atoms with E-state index in [1.165, 1.54) is 0 Å². The molecular formula is C22H21N5O2. The Morgan fingerprint density at radius 3 is 2.83 bits per heavy atom. The summed E-state index contributed by atoms with van der Waals surface area (Å²) in [5.74, 6) is 0.851. The van der Waals surface area contributed by atoms with Crippen LogP contribution in [0, 0.1) is 0 Å². The predicted molar refractivity (Wildman–Crippen MR) is 110 cm³/mol. The van der Waals surface area contributed by atoms with E-state index in [1.54, 1.807) is 10.9 Å². The van der Waals surface area contributed by atoms with Crippen molar-refractivity contribution in [2.45, 2.75) is 19.7 Å². The molecule has 0 atom stereocenters. The molecule has 146 valence electrons. The number of nitrogens with zero attached hydrogens (tertiary/aromatic N) is 4. The molecule has 7 heteroatoms. The fourth-order valence-electron chi connectivity index (χ4n) is 3.49.